The van der Waals surface area contributed by atoms with Gasteiger partial charge in [-0.05, 0) is 61.9 Å². The number of carbonyl (C=O) groups excluding carboxylic acids is 1. The van der Waals surface area contributed by atoms with E-state index in [1.807, 2.05) is 0 Å². The van der Waals surface area contributed by atoms with Gasteiger partial charge in [0.05, 0.1) is 0 Å². The predicted molar refractivity (Wildman–Crippen MR) is 75.4 cm³/mol. The smallest absolute Gasteiger partial charge is 0.339 e. The molecule has 0 amide bonds. The molecule has 2 rings (SSSR count). The van der Waals surface area contributed by atoms with Gasteiger partial charge in [-0.2, -0.15) is 8.42 Å². The van der Waals surface area contributed by atoms with Crippen LogP contribution in [0.3, 0.4) is 0 Å². The quantitative estimate of drug-likeness (QED) is 0.643. The molecule has 2 aromatic carbocycles. The third-order valence-electron chi connectivity index (χ3n) is 2.87. The number of ketones is 1. The SMILES string of the molecule is CC(=O)c1ccc(OS(=O)(=O)c2ccc(F)cc2C)cc1. The van der Waals surface area contributed by atoms with E-state index in [9.17, 15) is 17.6 Å². The Hall–Kier alpha value is -2.21. The Balaban J connectivity index is 2.30. The first-order valence-electron chi connectivity index (χ1n) is 6.11. The number of hydrogen-bond donors (Lipinski definition) is 0. The number of benzene rings is 2. The van der Waals surface area contributed by atoms with E-state index in [1.54, 1.807) is 0 Å². The average molecular weight is 308 g/mol. The molecule has 0 unspecified atom stereocenters. The lowest BCUT2D eigenvalue weighted by Gasteiger charge is -2.09. The Bertz CT molecular complexity index is 780. The Morgan fingerprint density at radius 1 is 1.10 bits per heavy atom. The van der Waals surface area contributed by atoms with Crippen LogP contribution in [0.1, 0.15) is 22.8 Å². The molecule has 0 saturated carbocycles. The van der Waals surface area contributed by atoms with Gasteiger partial charge in [0.25, 0.3) is 0 Å². The van der Waals surface area contributed by atoms with Crippen LogP contribution in [-0.2, 0) is 10.1 Å². The fourth-order valence-corrected chi connectivity index (χ4v) is 2.95. The summed E-state index contributed by atoms with van der Waals surface area (Å²) < 4.78 is 42.3. The van der Waals surface area contributed by atoms with E-state index in [4.69, 9.17) is 4.18 Å². The summed E-state index contributed by atoms with van der Waals surface area (Å²) in [5.74, 6) is -0.556. The first-order chi connectivity index (χ1) is 9.79. The Morgan fingerprint density at radius 3 is 2.24 bits per heavy atom. The van der Waals surface area contributed by atoms with Crippen molar-refractivity contribution in [3.05, 3.63) is 59.4 Å². The van der Waals surface area contributed by atoms with Gasteiger partial charge in [0.15, 0.2) is 5.78 Å². The minimum absolute atomic E-state index is 0.0868. The highest BCUT2D eigenvalue weighted by atomic mass is 32.2. The number of Topliss-reactive ketones (excluding diaryl/α,β-unsaturated/α-hetero) is 1. The first kappa shape index (κ1) is 15.2. The molecule has 0 aromatic heterocycles. The molecule has 110 valence electrons. The van der Waals surface area contributed by atoms with E-state index in [1.165, 1.54) is 38.1 Å². The van der Waals surface area contributed by atoms with E-state index in [2.05, 4.69) is 0 Å². The molecule has 0 aliphatic carbocycles. The maximum atomic E-state index is 13.0. The van der Waals surface area contributed by atoms with Gasteiger partial charge in [-0.1, -0.05) is 0 Å². The number of halogens is 1. The summed E-state index contributed by atoms with van der Waals surface area (Å²) in [7, 11) is -4.05. The minimum Gasteiger partial charge on any atom is -0.379 e. The number of aryl methyl sites for hydroxylation is 1. The van der Waals surface area contributed by atoms with Gasteiger partial charge < -0.3 is 4.18 Å². The van der Waals surface area contributed by atoms with Gasteiger partial charge in [-0.3, -0.25) is 4.79 Å². The Kier molecular flexibility index (Phi) is 4.09. The monoisotopic (exact) mass is 308 g/mol. The van der Waals surface area contributed by atoms with Crippen molar-refractivity contribution in [3.8, 4) is 5.75 Å². The fraction of sp³-hybridized carbons (Fsp3) is 0.133. The third-order valence-corrected chi connectivity index (χ3v) is 4.28. The molecule has 0 N–H and O–H groups in total. The van der Waals surface area contributed by atoms with Crippen LogP contribution in [0.15, 0.2) is 47.4 Å². The van der Waals surface area contributed by atoms with Gasteiger partial charge in [0, 0.05) is 5.56 Å². The second-order valence-electron chi connectivity index (χ2n) is 4.53. The van der Waals surface area contributed by atoms with E-state index >= 15 is 0 Å². The zero-order valence-electron chi connectivity index (χ0n) is 11.5. The lowest BCUT2D eigenvalue weighted by Crippen LogP contribution is -2.11. The van der Waals surface area contributed by atoms with Crippen LogP contribution < -0.4 is 4.18 Å². The van der Waals surface area contributed by atoms with Crippen molar-refractivity contribution in [1.29, 1.82) is 0 Å². The highest BCUT2D eigenvalue weighted by Gasteiger charge is 2.19. The highest BCUT2D eigenvalue weighted by molar-refractivity contribution is 7.87. The fourth-order valence-electron chi connectivity index (χ4n) is 1.81. The summed E-state index contributed by atoms with van der Waals surface area (Å²) in [6.07, 6.45) is 0. The van der Waals surface area contributed by atoms with Crippen molar-refractivity contribution in [2.75, 3.05) is 0 Å². The second kappa shape index (κ2) is 5.65. The van der Waals surface area contributed by atoms with Gasteiger partial charge >= 0.3 is 10.1 Å². The number of carbonyl (C=O) groups is 1. The van der Waals surface area contributed by atoms with Crippen LogP contribution in [0, 0.1) is 12.7 Å². The molecule has 0 aliphatic rings. The summed E-state index contributed by atoms with van der Waals surface area (Å²) in [5, 5.41) is 0. The number of hydrogen-bond acceptors (Lipinski definition) is 4. The standard InChI is InChI=1S/C15H13FO4S/c1-10-9-13(16)5-8-15(10)21(18,19)20-14-6-3-12(4-7-14)11(2)17/h3-9H,1-2H3. The molecular weight excluding hydrogens is 295 g/mol. The maximum absolute atomic E-state index is 13.0. The lowest BCUT2D eigenvalue weighted by atomic mass is 10.1. The zero-order valence-corrected chi connectivity index (χ0v) is 12.3. The van der Waals surface area contributed by atoms with Crippen molar-refractivity contribution in [3.63, 3.8) is 0 Å². The molecule has 4 nitrogen and oxygen atoms in total. The molecule has 0 radical (unpaired) electrons. The molecule has 0 heterocycles. The normalized spacial score (nSPS) is 11.2. The summed E-state index contributed by atoms with van der Waals surface area (Å²) in [5.41, 5.74) is 0.716. The highest BCUT2D eigenvalue weighted by Crippen LogP contribution is 2.22. The molecular formula is C15H13FO4S. The van der Waals surface area contributed by atoms with E-state index in [-0.39, 0.29) is 22.0 Å². The summed E-state index contributed by atoms with van der Waals surface area (Å²) in [6, 6.07) is 9.08. The van der Waals surface area contributed by atoms with Crippen LogP contribution in [0.2, 0.25) is 0 Å². The van der Waals surface area contributed by atoms with Gasteiger partial charge in [0.2, 0.25) is 0 Å². The number of rotatable bonds is 4. The van der Waals surface area contributed by atoms with Crippen molar-refractivity contribution in [1.82, 2.24) is 0 Å². The van der Waals surface area contributed by atoms with Gasteiger partial charge in [-0.15, -0.1) is 0 Å². The molecule has 0 aliphatic heterocycles. The Labute approximate surface area is 122 Å². The zero-order chi connectivity index (χ0) is 15.6. The predicted octanol–water partition coefficient (Wildman–Crippen LogP) is 3.10. The van der Waals surface area contributed by atoms with Crippen LogP contribution in [0.5, 0.6) is 5.75 Å². The topological polar surface area (TPSA) is 60.4 Å². The van der Waals surface area contributed by atoms with Crippen LogP contribution in [0.25, 0.3) is 0 Å². The van der Waals surface area contributed by atoms with Crippen LogP contribution in [0.4, 0.5) is 4.39 Å². The summed E-state index contributed by atoms with van der Waals surface area (Å²) >= 11 is 0. The first-order valence-corrected chi connectivity index (χ1v) is 7.52. The molecule has 0 saturated heterocycles. The molecule has 6 heteroatoms. The molecule has 0 fully saturated rings. The minimum atomic E-state index is -4.05. The van der Waals surface area contributed by atoms with E-state index < -0.39 is 15.9 Å². The van der Waals surface area contributed by atoms with E-state index in [0.29, 0.717) is 5.56 Å². The van der Waals surface area contributed by atoms with Crippen molar-refractivity contribution >= 4 is 15.9 Å². The van der Waals surface area contributed by atoms with Gasteiger partial charge in [-0.25, -0.2) is 4.39 Å². The van der Waals surface area contributed by atoms with Gasteiger partial charge in [0.1, 0.15) is 16.5 Å². The van der Waals surface area contributed by atoms with Crippen LogP contribution >= 0.6 is 0 Å². The maximum Gasteiger partial charge on any atom is 0.339 e. The molecule has 2 aromatic rings. The summed E-state index contributed by atoms with van der Waals surface area (Å²) in [4.78, 5) is 11.0. The molecule has 0 bridgehead atoms. The second-order valence-corrected chi connectivity index (χ2v) is 6.04. The van der Waals surface area contributed by atoms with Crippen molar-refractivity contribution < 1.29 is 21.8 Å². The summed E-state index contributed by atoms with van der Waals surface area (Å²) in [6.45, 7) is 2.90. The van der Waals surface area contributed by atoms with E-state index in [0.717, 1.165) is 18.2 Å². The van der Waals surface area contributed by atoms with Crippen LogP contribution in [-0.4, -0.2) is 14.2 Å². The third kappa shape index (κ3) is 3.46. The van der Waals surface area contributed by atoms with Crippen molar-refractivity contribution in [2.24, 2.45) is 0 Å². The molecule has 21 heavy (non-hydrogen) atoms. The Morgan fingerprint density at radius 2 is 1.71 bits per heavy atom. The largest absolute Gasteiger partial charge is 0.379 e. The van der Waals surface area contributed by atoms with Crippen molar-refractivity contribution in [2.45, 2.75) is 18.7 Å². The molecule has 0 atom stereocenters. The average Bonchev–Trinajstić information content (AvgIpc) is 2.38. The lowest BCUT2D eigenvalue weighted by molar-refractivity contribution is 0.101. The molecule has 0 spiro atoms.